The molecule has 1 fully saturated rings. The number of benzene rings is 2. The molecule has 0 bridgehead atoms. The highest BCUT2D eigenvalue weighted by atomic mass is 16.4. The number of hydrogen-bond donors (Lipinski definition) is 3. The first-order valence-electron chi connectivity index (χ1n) is 14.3. The second kappa shape index (κ2) is 13.6. The maximum Gasteiger partial charge on any atom is 0.410 e. The van der Waals surface area contributed by atoms with Crippen molar-refractivity contribution in [3.05, 3.63) is 90.4 Å². The van der Waals surface area contributed by atoms with Crippen LogP contribution in [0.3, 0.4) is 0 Å². The van der Waals surface area contributed by atoms with Crippen molar-refractivity contribution in [2.45, 2.75) is 44.9 Å². The number of amides is 3. The summed E-state index contributed by atoms with van der Waals surface area (Å²) in [6, 6.07) is 20.3. The Hall–Kier alpha value is -4.99. The van der Waals surface area contributed by atoms with Gasteiger partial charge in [0.2, 0.25) is 11.9 Å². The zero-order chi connectivity index (χ0) is 29.3. The van der Waals surface area contributed by atoms with Crippen LogP contribution in [0.4, 0.5) is 16.6 Å². The number of nitrogens with zero attached hydrogens (tertiary/aromatic N) is 4. The minimum absolute atomic E-state index is 0.224. The monoisotopic (exact) mass is 566 g/mol. The Bertz CT molecular complexity index is 1530. The SMILES string of the molecule is O=C(O)Nc1ccc(-c2cccc(C(=O)Nc3nc(CCCCCCN4CCCC4=O)cn3-c3ccccc3)c2)cn1. The molecule has 216 valence electrons. The molecule has 10 nitrogen and oxygen atoms in total. The van der Waals surface area contributed by atoms with Crippen LogP contribution in [-0.4, -0.2) is 55.5 Å². The van der Waals surface area contributed by atoms with Crippen molar-refractivity contribution in [1.29, 1.82) is 0 Å². The van der Waals surface area contributed by atoms with E-state index < -0.39 is 6.09 Å². The van der Waals surface area contributed by atoms with Crippen LogP contribution in [0.15, 0.2) is 79.1 Å². The van der Waals surface area contributed by atoms with Crippen LogP contribution in [0.2, 0.25) is 0 Å². The first-order chi connectivity index (χ1) is 20.5. The minimum Gasteiger partial charge on any atom is -0.465 e. The predicted octanol–water partition coefficient (Wildman–Crippen LogP) is 6.00. The Labute approximate surface area is 244 Å². The Balaban J connectivity index is 1.24. The van der Waals surface area contributed by atoms with E-state index in [-0.39, 0.29) is 17.6 Å². The summed E-state index contributed by atoms with van der Waals surface area (Å²) >= 11 is 0. The minimum atomic E-state index is -1.18. The van der Waals surface area contributed by atoms with Crippen LogP contribution in [0.25, 0.3) is 16.8 Å². The number of hydrogen-bond acceptors (Lipinski definition) is 5. The lowest BCUT2D eigenvalue weighted by Gasteiger charge is -2.14. The first-order valence-corrected chi connectivity index (χ1v) is 14.3. The highest BCUT2D eigenvalue weighted by Crippen LogP contribution is 2.23. The summed E-state index contributed by atoms with van der Waals surface area (Å²) in [6.45, 7) is 1.74. The van der Waals surface area contributed by atoms with Crippen LogP contribution < -0.4 is 10.6 Å². The van der Waals surface area contributed by atoms with Gasteiger partial charge in [0.25, 0.3) is 5.91 Å². The van der Waals surface area contributed by atoms with E-state index in [0.717, 1.165) is 74.1 Å². The number of carbonyl (C=O) groups is 3. The third-order valence-electron chi connectivity index (χ3n) is 7.25. The lowest BCUT2D eigenvalue weighted by Crippen LogP contribution is -2.25. The molecule has 0 aliphatic carbocycles. The van der Waals surface area contributed by atoms with Gasteiger partial charge in [-0.15, -0.1) is 0 Å². The molecule has 1 aliphatic rings. The highest BCUT2D eigenvalue weighted by molar-refractivity contribution is 6.04. The van der Waals surface area contributed by atoms with Crippen LogP contribution in [-0.2, 0) is 11.2 Å². The summed E-state index contributed by atoms with van der Waals surface area (Å²) in [4.78, 5) is 46.8. The van der Waals surface area contributed by atoms with Gasteiger partial charge in [-0.1, -0.05) is 43.2 Å². The summed E-state index contributed by atoms with van der Waals surface area (Å²) in [5.74, 6) is 0.663. The van der Waals surface area contributed by atoms with Crippen molar-refractivity contribution in [2.75, 3.05) is 23.7 Å². The van der Waals surface area contributed by atoms with Gasteiger partial charge in [-0.2, -0.15) is 0 Å². The molecule has 0 radical (unpaired) electrons. The number of nitrogens with one attached hydrogen (secondary N) is 2. The standard InChI is InChI=1S/C32H34N6O4/c39-29-15-9-19-37(29)18-7-2-1-4-12-26-22-38(27-13-5-3-6-14-27)31(34-26)36-30(40)24-11-8-10-23(20-24)25-16-17-28(33-21-25)35-32(41)42/h3,5-6,8,10-11,13-14,16-17,20-22H,1-2,4,7,9,12,15,18-19H2,(H,33,35)(H,41,42)(H,34,36,40). The maximum absolute atomic E-state index is 13.3. The molecule has 10 heteroatoms. The van der Waals surface area contributed by atoms with E-state index in [4.69, 9.17) is 10.1 Å². The Morgan fingerprint density at radius 1 is 0.905 bits per heavy atom. The molecule has 3 amide bonds. The van der Waals surface area contributed by atoms with Crippen molar-refractivity contribution in [3.8, 4) is 16.8 Å². The lowest BCUT2D eigenvalue weighted by molar-refractivity contribution is -0.127. The quantitative estimate of drug-likeness (QED) is 0.180. The Morgan fingerprint density at radius 3 is 2.48 bits per heavy atom. The fourth-order valence-electron chi connectivity index (χ4n) is 5.09. The summed E-state index contributed by atoms with van der Waals surface area (Å²) in [6.07, 6.45) is 8.92. The predicted molar refractivity (Wildman–Crippen MR) is 161 cm³/mol. The molecule has 2 aromatic carbocycles. The molecular weight excluding hydrogens is 532 g/mol. The number of anilines is 2. The summed E-state index contributed by atoms with van der Waals surface area (Å²) in [5, 5.41) is 14.1. The molecule has 1 aliphatic heterocycles. The zero-order valence-electron chi connectivity index (χ0n) is 23.3. The number of aryl methyl sites for hydroxylation is 1. The molecule has 2 aromatic heterocycles. The molecule has 5 rings (SSSR count). The normalized spacial score (nSPS) is 12.9. The largest absolute Gasteiger partial charge is 0.465 e. The number of likely N-dealkylation sites (tertiary alicyclic amines) is 1. The summed E-state index contributed by atoms with van der Waals surface area (Å²) in [5.41, 5.74) is 3.79. The summed E-state index contributed by atoms with van der Waals surface area (Å²) in [7, 11) is 0. The third-order valence-corrected chi connectivity index (χ3v) is 7.25. The van der Waals surface area contributed by atoms with Gasteiger partial charge in [0.15, 0.2) is 0 Å². The molecule has 3 heterocycles. The van der Waals surface area contributed by atoms with Gasteiger partial charge < -0.3 is 10.0 Å². The second-order valence-corrected chi connectivity index (χ2v) is 10.3. The lowest BCUT2D eigenvalue weighted by atomic mass is 10.0. The van der Waals surface area contributed by atoms with Crippen molar-refractivity contribution in [3.63, 3.8) is 0 Å². The van der Waals surface area contributed by atoms with E-state index in [1.807, 2.05) is 52.1 Å². The molecule has 0 atom stereocenters. The number of para-hydroxylation sites is 1. The molecule has 42 heavy (non-hydrogen) atoms. The number of carbonyl (C=O) groups excluding carboxylic acids is 2. The average Bonchev–Trinajstić information content (AvgIpc) is 3.60. The second-order valence-electron chi connectivity index (χ2n) is 10.3. The molecule has 4 aromatic rings. The Kier molecular flexibility index (Phi) is 9.23. The van der Waals surface area contributed by atoms with Crippen LogP contribution in [0.5, 0.6) is 0 Å². The molecule has 0 unspecified atom stereocenters. The highest BCUT2D eigenvalue weighted by Gasteiger charge is 2.19. The molecule has 3 N–H and O–H groups in total. The van der Waals surface area contributed by atoms with Crippen LogP contribution in [0.1, 0.15) is 54.6 Å². The molecule has 1 saturated heterocycles. The van der Waals surface area contributed by atoms with Gasteiger partial charge in [-0.3, -0.25) is 24.8 Å². The van der Waals surface area contributed by atoms with E-state index in [0.29, 0.717) is 17.9 Å². The van der Waals surface area contributed by atoms with E-state index in [9.17, 15) is 14.4 Å². The average molecular weight is 567 g/mol. The van der Waals surface area contributed by atoms with Crippen LogP contribution in [0, 0.1) is 0 Å². The van der Waals surface area contributed by atoms with Crippen molar-refractivity contribution < 1.29 is 19.5 Å². The van der Waals surface area contributed by atoms with Crippen LogP contribution >= 0.6 is 0 Å². The van der Waals surface area contributed by atoms with Gasteiger partial charge in [-0.05, 0) is 67.6 Å². The maximum atomic E-state index is 13.3. The molecule has 0 saturated carbocycles. The van der Waals surface area contributed by atoms with Gasteiger partial charge in [0, 0.05) is 48.7 Å². The van der Waals surface area contributed by atoms with Gasteiger partial charge >= 0.3 is 6.09 Å². The van der Waals surface area contributed by atoms with Crippen molar-refractivity contribution in [1.82, 2.24) is 19.4 Å². The fraction of sp³-hybridized carbons (Fsp3) is 0.281. The van der Waals surface area contributed by atoms with E-state index in [2.05, 4.69) is 15.6 Å². The number of carboxylic acid groups (broad SMARTS) is 1. The third kappa shape index (κ3) is 7.39. The molecule has 0 spiro atoms. The number of aromatic nitrogens is 3. The number of imidazole rings is 1. The van der Waals surface area contributed by atoms with E-state index >= 15 is 0 Å². The number of pyridine rings is 1. The Morgan fingerprint density at radius 2 is 1.74 bits per heavy atom. The molecular formula is C32H34N6O4. The summed E-state index contributed by atoms with van der Waals surface area (Å²) < 4.78 is 1.90. The first kappa shape index (κ1) is 28.5. The van der Waals surface area contributed by atoms with E-state index in [1.54, 1.807) is 36.5 Å². The smallest absolute Gasteiger partial charge is 0.410 e. The zero-order valence-corrected chi connectivity index (χ0v) is 23.3. The topological polar surface area (TPSA) is 129 Å². The van der Waals surface area contributed by atoms with Gasteiger partial charge in [-0.25, -0.2) is 14.8 Å². The van der Waals surface area contributed by atoms with Gasteiger partial charge in [0.05, 0.1) is 5.69 Å². The van der Waals surface area contributed by atoms with E-state index in [1.165, 1.54) is 0 Å². The number of rotatable bonds is 12. The fourth-order valence-corrected chi connectivity index (χ4v) is 5.09. The van der Waals surface area contributed by atoms with Crippen molar-refractivity contribution in [2.24, 2.45) is 0 Å². The van der Waals surface area contributed by atoms with Crippen molar-refractivity contribution >= 4 is 29.7 Å². The number of unbranched alkanes of at least 4 members (excludes halogenated alkanes) is 3. The van der Waals surface area contributed by atoms with Gasteiger partial charge in [0.1, 0.15) is 5.82 Å².